The molecule has 1 aromatic rings. The first-order valence-corrected chi connectivity index (χ1v) is 3.38. The maximum atomic E-state index is 11.2. The zero-order chi connectivity index (χ0) is 8.43. The summed E-state index contributed by atoms with van der Waals surface area (Å²) in [6.07, 6.45) is 1.68. The van der Waals surface area contributed by atoms with Crippen molar-refractivity contribution in [3.63, 3.8) is 0 Å². The topological polar surface area (TPSA) is 39.8 Å². The number of hydrogen-bond donors (Lipinski definition) is 0. The fraction of sp³-hybridized carbons (Fsp3) is 0.429. The SMILES string of the molecule is C=CCn1c(C)nn(C)c1=O. The molecule has 1 heterocycles. The van der Waals surface area contributed by atoms with Gasteiger partial charge < -0.3 is 0 Å². The summed E-state index contributed by atoms with van der Waals surface area (Å²) in [5.74, 6) is 0.720. The van der Waals surface area contributed by atoms with Crippen molar-refractivity contribution in [2.75, 3.05) is 0 Å². The number of aromatic nitrogens is 3. The molecule has 0 aliphatic rings. The van der Waals surface area contributed by atoms with Gasteiger partial charge in [-0.05, 0) is 6.92 Å². The van der Waals surface area contributed by atoms with E-state index in [9.17, 15) is 4.79 Å². The molecule has 0 aliphatic carbocycles. The predicted molar refractivity (Wildman–Crippen MR) is 42.4 cm³/mol. The summed E-state index contributed by atoms with van der Waals surface area (Å²) >= 11 is 0. The third kappa shape index (κ3) is 1.24. The smallest absolute Gasteiger partial charge is 0.275 e. The van der Waals surface area contributed by atoms with E-state index in [1.807, 2.05) is 0 Å². The molecule has 60 valence electrons. The fourth-order valence-corrected chi connectivity index (χ4v) is 0.966. The lowest BCUT2D eigenvalue weighted by atomic mass is 10.6. The van der Waals surface area contributed by atoms with Crippen LogP contribution in [0.1, 0.15) is 5.82 Å². The fourth-order valence-electron chi connectivity index (χ4n) is 0.966. The average Bonchev–Trinajstić information content (AvgIpc) is 2.17. The zero-order valence-electron chi connectivity index (χ0n) is 6.74. The summed E-state index contributed by atoms with van der Waals surface area (Å²) in [7, 11) is 1.63. The van der Waals surface area contributed by atoms with E-state index in [2.05, 4.69) is 11.7 Å². The van der Waals surface area contributed by atoms with Crippen LogP contribution in [0.25, 0.3) is 0 Å². The molecule has 0 atom stereocenters. The second kappa shape index (κ2) is 2.74. The van der Waals surface area contributed by atoms with E-state index >= 15 is 0 Å². The van der Waals surface area contributed by atoms with Crippen LogP contribution in [0.2, 0.25) is 0 Å². The molecular weight excluding hydrogens is 142 g/mol. The van der Waals surface area contributed by atoms with Gasteiger partial charge in [-0.3, -0.25) is 4.57 Å². The van der Waals surface area contributed by atoms with E-state index in [1.54, 1.807) is 24.6 Å². The lowest BCUT2D eigenvalue weighted by Crippen LogP contribution is -2.22. The van der Waals surface area contributed by atoms with Crippen molar-refractivity contribution in [2.45, 2.75) is 13.5 Å². The van der Waals surface area contributed by atoms with Gasteiger partial charge in [0.25, 0.3) is 0 Å². The van der Waals surface area contributed by atoms with E-state index in [4.69, 9.17) is 0 Å². The van der Waals surface area contributed by atoms with Crippen LogP contribution in [0.3, 0.4) is 0 Å². The molecule has 0 unspecified atom stereocenters. The number of hydrogen-bond acceptors (Lipinski definition) is 2. The molecule has 0 fully saturated rings. The van der Waals surface area contributed by atoms with Crippen molar-refractivity contribution in [1.29, 1.82) is 0 Å². The average molecular weight is 153 g/mol. The Hall–Kier alpha value is -1.32. The van der Waals surface area contributed by atoms with Crippen LogP contribution in [-0.2, 0) is 13.6 Å². The van der Waals surface area contributed by atoms with Crippen LogP contribution in [0.5, 0.6) is 0 Å². The Kier molecular flexibility index (Phi) is 1.94. The van der Waals surface area contributed by atoms with Crippen molar-refractivity contribution >= 4 is 0 Å². The first-order chi connectivity index (χ1) is 5.16. The molecule has 0 radical (unpaired) electrons. The van der Waals surface area contributed by atoms with Crippen molar-refractivity contribution in [3.8, 4) is 0 Å². The van der Waals surface area contributed by atoms with Crippen LogP contribution in [-0.4, -0.2) is 14.3 Å². The number of aryl methyl sites for hydroxylation is 2. The second-order valence-electron chi connectivity index (χ2n) is 2.35. The monoisotopic (exact) mass is 153 g/mol. The highest BCUT2D eigenvalue weighted by atomic mass is 16.2. The third-order valence-electron chi connectivity index (χ3n) is 1.50. The standard InChI is InChI=1S/C7H11N3O/c1-4-5-10-6(2)8-9(3)7(10)11/h4H,1,5H2,2-3H3. The molecule has 0 aliphatic heterocycles. The second-order valence-corrected chi connectivity index (χ2v) is 2.35. The van der Waals surface area contributed by atoms with Gasteiger partial charge in [-0.2, -0.15) is 5.10 Å². The van der Waals surface area contributed by atoms with E-state index in [-0.39, 0.29) is 5.69 Å². The van der Waals surface area contributed by atoms with Crippen molar-refractivity contribution in [3.05, 3.63) is 29.0 Å². The molecular formula is C7H11N3O. The third-order valence-corrected chi connectivity index (χ3v) is 1.50. The summed E-state index contributed by atoms with van der Waals surface area (Å²) in [6, 6.07) is 0. The Morgan fingerprint density at radius 1 is 1.73 bits per heavy atom. The summed E-state index contributed by atoms with van der Waals surface area (Å²) in [5.41, 5.74) is -0.0950. The van der Waals surface area contributed by atoms with Gasteiger partial charge in [0.1, 0.15) is 5.82 Å². The van der Waals surface area contributed by atoms with Gasteiger partial charge in [-0.25, -0.2) is 9.48 Å². The van der Waals surface area contributed by atoms with Crippen LogP contribution >= 0.6 is 0 Å². The normalized spacial score (nSPS) is 10.0. The number of nitrogens with zero attached hydrogens (tertiary/aromatic N) is 3. The number of rotatable bonds is 2. The Morgan fingerprint density at radius 3 is 2.73 bits per heavy atom. The lowest BCUT2D eigenvalue weighted by molar-refractivity contribution is 0.697. The van der Waals surface area contributed by atoms with Gasteiger partial charge in [-0.1, -0.05) is 6.08 Å². The van der Waals surface area contributed by atoms with Crippen molar-refractivity contribution in [2.24, 2.45) is 7.05 Å². The highest BCUT2D eigenvalue weighted by molar-refractivity contribution is 4.85. The van der Waals surface area contributed by atoms with Crippen LogP contribution in [0, 0.1) is 6.92 Å². The molecule has 0 aromatic carbocycles. The Labute approximate surface area is 64.8 Å². The molecule has 4 nitrogen and oxygen atoms in total. The summed E-state index contributed by atoms with van der Waals surface area (Å²) in [6.45, 7) is 5.87. The molecule has 4 heteroatoms. The van der Waals surface area contributed by atoms with Gasteiger partial charge in [0, 0.05) is 13.6 Å². The minimum absolute atomic E-state index is 0.0950. The van der Waals surface area contributed by atoms with Gasteiger partial charge in [-0.15, -0.1) is 6.58 Å². The van der Waals surface area contributed by atoms with Crippen LogP contribution in [0.4, 0.5) is 0 Å². The van der Waals surface area contributed by atoms with E-state index < -0.39 is 0 Å². The van der Waals surface area contributed by atoms with Crippen LogP contribution < -0.4 is 5.69 Å². The quantitative estimate of drug-likeness (QED) is 0.564. The first kappa shape index (κ1) is 7.78. The lowest BCUT2D eigenvalue weighted by Gasteiger charge is -1.93. The first-order valence-electron chi connectivity index (χ1n) is 3.38. The number of allylic oxidation sites excluding steroid dienone is 1. The molecule has 0 bridgehead atoms. The van der Waals surface area contributed by atoms with E-state index in [1.165, 1.54) is 4.68 Å². The molecule has 0 saturated carbocycles. The summed E-state index contributed by atoms with van der Waals surface area (Å²) in [4.78, 5) is 11.2. The Balaban J connectivity index is 3.22. The highest BCUT2D eigenvalue weighted by Gasteiger charge is 2.03. The zero-order valence-corrected chi connectivity index (χ0v) is 6.74. The summed E-state index contributed by atoms with van der Waals surface area (Å²) in [5, 5.41) is 3.95. The molecule has 0 spiro atoms. The van der Waals surface area contributed by atoms with Gasteiger partial charge in [0.2, 0.25) is 0 Å². The Bertz CT molecular complexity index is 321. The van der Waals surface area contributed by atoms with Crippen molar-refractivity contribution < 1.29 is 0 Å². The van der Waals surface area contributed by atoms with Crippen molar-refractivity contribution in [1.82, 2.24) is 14.3 Å². The van der Waals surface area contributed by atoms with E-state index in [0.717, 1.165) is 5.82 Å². The van der Waals surface area contributed by atoms with Gasteiger partial charge in [0.15, 0.2) is 0 Å². The molecule has 0 N–H and O–H groups in total. The van der Waals surface area contributed by atoms with Gasteiger partial charge in [0.05, 0.1) is 0 Å². The molecule has 11 heavy (non-hydrogen) atoms. The molecule has 0 amide bonds. The Morgan fingerprint density at radius 2 is 2.36 bits per heavy atom. The van der Waals surface area contributed by atoms with Gasteiger partial charge >= 0.3 is 5.69 Å². The maximum absolute atomic E-state index is 11.2. The minimum atomic E-state index is -0.0950. The molecule has 1 aromatic heterocycles. The largest absolute Gasteiger partial charge is 0.345 e. The molecule has 1 rings (SSSR count). The van der Waals surface area contributed by atoms with Crippen LogP contribution in [0.15, 0.2) is 17.4 Å². The highest BCUT2D eigenvalue weighted by Crippen LogP contribution is 1.87. The predicted octanol–water partition coefficient (Wildman–Crippen LogP) is 0.0762. The van der Waals surface area contributed by atoms with E-state index in [0.29, 0.717) is 6.54 Å². The minimum Gasteiger partial charge on any atom is -0.275 e. The molecule has 0 saturated heterocycles. The summed E-state index contributed by atoms with van der Waals surface area (Å²) < 4.78 is 2.88. The maximum Gasteiger partial charge on any atom is 0.345 e.